The van der Waals surface area contributed by atoms with Gasteiger partial charge in [0.25, 0.3) is 5.91 Å². The van der Waals surface area contributed by atoms with Crippen molar-refractivity contribution < 1.29 is 19.5 Å². The highest BCUT2D eigenvalue weighted by Gasteiger charge is 2.26. The SMILES string of the molecule is N#Cc1ccc(-c2c(-c3ccc(Cl)c(O)c3)cnc(N3CCC(NCc4ccc(/C=C/C(=O)NO)cc4F)CC3)c2C#N)cn1. The second-order valence-electron chi connectivity index (χ2n) is 10.4. The highest BCUT2D eigenvalue weighted by molar-refractivity contribution is 6.32. The first kappa shape index (κ1) is 31.1. The number of hydroxylamine groups is 1. The normalized spacial score (nSPS) is 13.4. The number of pyridine rings is 2. The molecule has 0 aliphatic carbocycles. The van der Waals surface area contributed by atoms with Crippen molar-refractivity contribution in [2.45, 2.75) is 25.4 Å². The zero-order valence-electron chi connectivity index (χ0n) is 23.8. The van der Waals surface area contributed by atoms with Crippen LogP contribution in [0.25, 0.3) is 28.3 Å². The summed E-state index contributed by atoms with van der Waals surface area (Å²) >= 11 is 6.04. The molecular formula is C33H27ClFN7O3. The summed E-state index contributed by atoms with van der Waals surface area (Å²) in [7, 11) is 0. The van der Waals surface area contributed by atoms with Crippen molar-refractivity contribution in [2.24, 2.45) is 0 Å². The maximum absolute atomic E-state index is 14.7. The lowest BCUT2D eigenvalue weighted by atomic mass is 9.92. The first-order valence-electron chi connectivity index (χ1n) is 14.0. The molecule has 5 rings (SSSR count). The highest BCUT2D eigenvalue weighted by Crippen LogP contribution is 2.40. The van der Waals surface area contributed by atoms with E-state index in [9.17, 15) is 24.8 Å². The number of halogens is 2. The van der Waals surface area contributed by atoms with Gasteiger partial charge in [-0.05, 0) is 60.4 Å². The van der Waals surface area contributed by atoms with Crippen molar-refractivity contribution in [3.05, 3.63) is 100 Å². The molecule has 0 saturated carbocycles. The van der Waals surface area contributed by atoms with Crippen LogP contribution in [0.4, 0.5) is 10.2 Å². The fourth-order valence-corrected chi connectivity index (χ4v) is 5.34. The molecule has 1 fully saturated rings. The topological polar surface area (TPSA) is 158 Å². The van der Waals surface area contributed by atoms with E-state index in [1.54, 1.807) is 48.8 Å². The Kier molecular flexibility index (Phi) is 9.66. The molecular weight excluding hydrogens is 597 g/mol. The molecule has 4 N–H and O–H groups in total. The molecule has 45 heavy (non-hydrogen) atoms. The Morgan fingerprint density at radius 3 is 2.49 bits per heavy atom. The van der Waals surface area contributed by atoms with Crippen molar-refractivity contribution >= 4 is 29.4 Å². The van der Waals surface area contributed by atoms with E-state index in [-0.39, 0.29) is 22.5 Å². The van der Waals surface area contributed by atoms with Gasteiger partial charge in [-0.3, -0.25) is 10.0 Å². The number of aromatic nitrogens is 2. The quantitative estimate of drug-likeness (QED) is 0.116. The summed E-state index contributed by atoms with van der Waals surface area (Å²) in [5, 5.41) is 42.1. The number of rotatable bonds is 8. The number of amides is 1. The third-order valence-corrected chi connectivity index (χ3v) is 7.90. The predicted octanol–water partition coefficient (Wildman–Crippen LogP) is 5.33. The van der Waals surface area contributed by atoms with Crippen molar-refractivity contribution in [3.63, 3.8) is 0 Å². The molecule has 226 valence electrons. The van der Waals surface area contributed by atoms with E-state index in [1.165, 1.54) is 23.7 Å². The lowest BCUT2D eigenvalue weighted by Gasteiger charge is -2.34. The molecule has 0 spiro atoms. The third-order valence-electron chi connectivity index (χ3n) is 7.58. The van der Waals surface area contributed by atoms with Gasteiger partial charge in [-0.1, -0.05) is 29.8 Å². The Morgan fingerprint density at radius 2 is 1.84 bits per heavy atom. The van der Waals surface area contributed by atoms with Gasteiger partial charge in [0.15, 0.2) is 0 Å². The highest BCUT2D eigenvalue weighted by atomic mass is 35.5. The molecule has 1 saturated heterocycles. The fraction of sp³-hybridized carbons (Fsp3) is 0.182. The van der Waals surface area contributed by atoms with Gasteiger partial charge in [-0.2, -0.15) is 10.5 Å². The third kappa shape index (κ3) is 7.08. The minimum absolute atomic E-state index is 0.102. The molecule has 2 aromatic heterocycles. The first-order chi connectivity index (χ1) is 21.8. The van der Waals surface area contributed by atoms with Gasteiger partial charge in [0.1, 0.15) is 40.8 Å². The summed E-state index contributed by atoms with van der Waals surface area (Å²) in [6.07, 6.45) is 7.17. The van der Waals surface area contributed by atoms with Gasteiger partial charge in [0.05, 0.1) is 5.02 Å². The lowest BCUT2D eigenvalue weighted by Crippen LogP contribution is -2.43. The summed E-state index contributed by atoms with van der Waals surface area (Å²) in [6.45, 7) is 1.52. The van der Waals surface area contributed by atoms with E-state index in [0.717, 1.165) is 18.9 Å². The largest absolute Gasteiger partial charge is 0.506 e. The average Bonchev–Trinajstić information content (AvgIpc) is 3.07. The van der Waals surface area contributed by atoms with E-state index in [0.29, 0.717) is 64.4 Å². The van der Waals surface area contributed by atoms with Crippen LogP contribution in [-0.4, -0.2) is 45.3 Å². The Balaban J connectivity index is 1.34. The summed E-state index contributed by atoms with van der Waals surface area (Å²) in [5.41, 5.74) is 5.46. The number of hydrogen-bond acceptors (Lipinski definition) is 9. The monoisotopic (exact) mass is 623 g/mol. The summed E-state index contributed by atoms with van der Waals surface area (Å²) in [5.74, 6) is -0.699. The number of phenolic OH excluding ortho intramolecular Hbond substituents is 1. The van der Waals surface area contributed by atoms with E-state index < -0.39 is 11.7 Å². The molecule has 1 aliphatic heterocycles. The van der Waals surface area contributed by atoms with Crippen molar-refractivity contribution in [2.75, 3.05) is 18.0 Å². The fourth-order valence-electron chi connectivity index (χ4n) is 5.22. The summed E-state index contributed by atoms with van der Waals surface area (Å²) < 4.78 is 14.7. The van der Waals surface area contributed by atoms with E-state index >= 15 is 0 Å². The Morgan fingerprint density at radius 1 is 1.07 bits per heavy atom. The second-order valence-corrected chi connectivity index (χ2v) is 10.8. The molecule has 2 aromatic carbocycles. The Bertz CT molecular complexity index is 1840. The zero-order chi connectivity index (χ0) is 31.9. The minimum Gasteiger partial charge on any atom is -0.506 e. The van der Waals surface area contributed by atoms with Gasteiger partial charge in [0, 0.05) is 66.4 Å². The summed E-state index contributed by atoms with van der Waals surface area (Å²) in [4.78, 5) is 22.1. The standard InChI is InChI=1S/C33H27ClFN7O3/c34-28-7-5-21(14-30(28)43)27-19-40-33(26(16-37)32(27)23-4-6-25(15-36)39-18-23)42-11-9-24(10-12-42)38-17-22-3-1-20(13-29(22)35)2-8-31(44)41-45/h1-8,13-14,18-19,24,38,43,45H,9-12,17H2,(H,41,44)/b8-2+. The predicted molar refractivity (Wildman–Crippen MR) is 166 cm³/mol. The van der Waals surface area contributed by atoms with Crippen LogP contribution in [0.1, 0.15) is 35.2 Å². The molecule has 0 bridgehead atoms. The van der Waals surface area contributed by atoms with Gasteiger partial charge < -0.3 is 15.3 Å². The lowest BCUT2D eigenvalue weighted by molar-refractivity contribution is -0.124. The van der Waals surface area contributed by atoms with Crippen LogP contribution in [0.2, 0.25) is 5.02 Å². The number of piperidine rings is 1. The number of anilines is 1. The number of aromatic hydroxyl groups is 1. The van der Waals surface area contributed by atoms with E-state index in [1.807, 2.05) is 11.0 Å². The van der Waals surface area contributed by atoms with Crippen LogP contribution in [0.15, 0.2) is 67.0 Å². The number of benzene rings is 2. The van der Waals surface area contributed by atoms with Crippen molar-refractivity contribution in [1.82, 2.24) is 20.8 Å². The number of hydrogen-bond donors (Lipinski definition) is 4. The van der Waals surface area contributed by atoms with Crippen LogP contribution in [0, 0.1) is 28.5 Å². The number of carbonyl (C=O) groups is 1. The maximum Gasteiger partial charge on any atom is 0.267 e. The van der Waals surface area contributed by atoms with Gasteiger partial charge in [-0.25, -0.2) is 19.8 Å². The van der Waals surface area contributed by atoms with Crippen LogP contribution < -0.4 is 15.7 Å². The van der Waals surface area contributed by atoms with Crippen LogP contribution >= 0.6 is 11.6 Å². The van der Waals surface area contributed by atoms with Crippen molar-refractivity contribution in [1.29, 1.82) is 10.5 Å². The Hall–Kier alpha value is -5.33. The van der Waals surface area contributed by atoms with Gasteiger partial charge >= 0.3 is 0 Å². The Labute approximate surface area is 263 Å². The molecule has 4 aromatic rings. The van der Waals surface area contributed by atoms with E-state index in [2.05, 4.69) is 16.4 Å². The van der Waals surface area contributed by atoms with Crippen LogP contribution in [-0.2, 0) is 11.3 Å². The van der Waals surface area contributed by atoms with Crippen LogP contribution in [0.3, 0.4) is 0 Å². The molecule has 0 unspecified atom stereocenters. The van der Waals surface area contributed by atoms with Crippen molar-refractivity contribution in [3.8, 4) is 40.1 Å². The second kappa shape index (κ2) is 14.0. The number of carbonyl (C=O) groups excluding carboxylic acids is 1. The smallest absolute Gasteiger partial charge is 0.267 e. The molecule has 3 heterocycles. The van der Waals surface area contributed by atoms with E-state index in [4.69, 9.17) is 21.8 Å². The maximum atomic E-state index is 14.7. The molecule has 1 aliphatic rings. The summed E-state index contributed by atoms with van der Waals surface area (Å²) in [6, 6.07) is 17.2. The molecule has 0 atom stereocenters. The van der Waals surface area contributed by atoms with Crippen LogP contribution in [0.5, 0.6) is 5.75 Å². The molecule has 10 nitrogen and oxygen atoms in total. The average molecular weight is 624 g/mol. The van der Waals surface area contributed by atoms with Gasteiger partial charge in [-0.15, -0.1) is 0 Å². The zero-order valence-corrected chi connectivity index (χ0v) is 24.6. The number of nitrogens with zero attached hydrogens (tertiary/aromatic N) is 5. The van der Waals surface area contributed by atoms with Gasteiger partial charge in [0.2, 0.25) is 0 Å². The molecule has 1 amide bonds. The molecule has 0 radical (unpaired) electrons. The number of nitrogens with one attached hydrogen (secondary N) is 2. The number of nitriles is 2. The minimum atomic E-state index is -0.704. The number of phenols is 1. The first-order valence-corrected chi connectivity index (χ1v) is 14.4. The molecule has 12 heteroatoms.